The molecule has 0 unspecified atom stereocenters. The van der Waals surface area contributed by atoms with Gasteiger partial charge in [-0.1, -0.05) is 30.3 Å². The maximum atomic E-state index is 12.9. The maximum Gasteiger partial charge on any atom is 0.408 e. The molecule has 11 nitrogen and oxygen atoms in total. The van der Waals surface area contributed by atoms with Crippen LogP contribution in [0, 0.1) is 0 Å². The minimum absolute atomic E-state index is 0.0349. The molecule has 3 atom stereocenters. The Labute approximate surface area is 223 Å². The van der Waals surface area contributed by atoms with E-state index < -0.39 is 47.4 Å². The van der Waals surface area contributed by atoms with E-state index in [-0.39, 0.29) is 24.8 Å². The van der Waals surface area contributed by atoms with Gasteiger partial charge in [0.05, 0.1) is 32.0 Å². The summed E-state index contributed by atoms with van der Waals surface area (Å²) in [7, 11) is 1.22. The molecule has 38 heavy (non-hydrogen) atoms. The van der Waals surface area contributed by atoms with Gasteiger partial charge in [-0.3, -0.25) is 4.79 Å². The Bertz CT molecular complexity index is 1060. The van der Waals surface area contributed by atoms with E-state index >= 15 is 0 Å². The molecule has 0 radical (unpaired) electrons. The first-order valence-electron chi connectivity index (χ1n) is 12.3. The molecule has 0 aliphatic carbocycles. The van der Waals surface area contributed by atoms with E-state index in [1.807, 2.05) is 51.1 Å². The van der Waals surface area contributed by atoms with Crippen LogP contribution in [-0.2, 0) is 30.3 Å². The molecule has 0 spiro atoms. The number of benzene rings is 1. The molecule has 0 saturated carbocycles. The Morgan fingerprint density at radius 2 is 1.66 bits per heavy atom. The quantitative estimate of drug-likeness (QED) is 0.411. The van der Waals surface area contributed by atoms with Crippen LogP contribution in [0.1, 0.15) is 76.5 Å². The third-order valence-electron chi connectivity index (χ3n) is 4.89. The number of hydrogen-bond acceptors (Lipinski definition) is 9. The summed E-state index contributed by atoms with van der Waals surface area (Å²) < 4.78 is 27.3. The number of alkyl carbamates (subject to hydrolysis) is 1. The highest BCUT2D eigenvalue weighted by atomic mass is 16.6. The zero-order chi connectivity index (χ0) is 28.5. The summed E-state index contributed by atoms with van der Waals surface area (Å²) in [4.78, 5) is 41.9. The topological polar surface area (TPSA) is 138 Å². The Kier molecular flexibility index (Phi) is 10.8. The molecular weight excluding hydrogens is 494 g/mol. The SMILES string of the molecule is COC(=O)[C@H](COCc1ccccc1)NC(=O)c1coc([C@@H](NC(=O)OC(C)(C)C)[C@@H](C)OC(C)(C)C)n1. The molecule has 2 amide bonds. The largest absolute Gasteiger partial charge is 0.467 e. The number of aromatic nitrogens is 1. The average molecular weight is 534 g/mol. The second-order valence-electron chi connectivity index (χ2n) is 10.7. The van der Waals surface area contributed by atoms with Gasteiger partial charge in [0.25, 0.3) is 5.91 Å². The Morgan fingerprint density at radius 3 is 2.24 bits per heavy atom. The smallest absolute Gasteiger partial charge is 0.408 e. The van der Waals surface area contributed by atoms with Crippen molar-refractivity contribution in [2.75, 3.05) is 13.7 Å². The Balaban J connectivity index is 2.15. The number of amides is 2. The Hall–Kier alpha value is -3.44. The molecule has 2 aromatic rings. The summed E-state index contributed by atoms with van der Waals surface area (Å²) in [5.41, 5.74) is -0.446. The summed E-state index contributed by atoms with van der Waals surface area (Å²) in [6.45, 7) is 12.7. The van der Waals surface area contributed by atoms with E-state index in [0.717, 1.165) is 11.8 Å². The van der Waals surface area contributed by atoms with Gasteiger partial charge in [-0.25, -0.2) is 14.6 Å². The van der Waals surface area contributed by atoms with Gasteiger partial charge in [0.2, 0.25) is 5.89 Å². The maximum absolute atomic E-state index is 12.9. The van der Waals surface area contributed by atoms with Crippen LogP contribution in [0.25, 0.3) is 0 Å². The molecule has 11 heteroatoms. The lowest BCUT2D eigenvalue weighted by atomic mass is 10.1. The highest BCUT2D eigenvalue weighted by Crippen LogP contribution is 2.24. The van der Waals surface area contributed by atoms with Crippen molar-refractivity contribution >= 4 is 18.0 Å². The van der Waals surface area contributed by atoms with E-state index in [1.165, 1.54) is 7.11 Å². The third-order valence-corrected chi connectivity index (χ3v) is 4.89. The molecule has 2 rings (SSSR count). The van der Waals surface area contributed by atoms with Crippen molar-refractivity contribution in [2.45, 2.75) is 84.5 Å². The highest BCUT2D eigenvalue weighted by molar-refractivity contribution is 5.95. The fraction of sp³-hybridized carbons (Fsp3) is 0.556. The number of methoxy groups -OCH3 is 1. The van der Waals surface area contributed by atoms with Gasteiger partial charge in [0, 0.05) is 0 Å². The van der Waals surface area contributed by atoms with Crippen LogP contribution in [-0.4, -0.2) is 60.0 Å². The summed E-state index contributed by atoms with van der Waals surface area (Å²) in [5, 5.41) is 5.27. The van der Waals surface area contributed by atoms with Crippen LogP contribution in [0.5, 0.6) is 0 Å². The van der Waals surface area contributed by atoms with Crippen molar-refractivity contribution in [2.24, 2.45) is 0 Å². The van der Waals surface area contributed by atoms with Crippen molar-refractivity contribution in [1.82, 2.24) is 15.6 Å². The van der Waals surface area contributed by atoms with Gasteiger partial charge < -0.3 is 34.0 Å². The van der Waals surface area contributed by atoms with Gasteiger partial charge in [-0.05, 0) is 54.0 Å². The van der Waals surface area contributed by atoms with Crippen molar-refractivity contribution in [3.8, 4) is 0 Å². The molecule has 1 heterocycles. The first-order chi connectivity index (χ1) is 17.7. The molecule has 0 aliphatic rings. The molecule has 1 aromatic carbocycles. The minimum Gasteiger partial charge on any atom is -0.467 e. The summed E-state index contributed by atoms with van der Waals surface area (Å²) in [5.74, 6) is -1.32. The standard InChI is InChI=1S/C27H39N3O8/c1-17(37-26(2,3)4)21(30-25(33)38-27(5,6)7)23-29-19(16-36-23)22(31)28-20(24(32)34-8)15-35-14-18-12-10-9-11-13-18/h9-13,16-17,20-21H,14-15H2,1-8H3,(H,28,31)(H,30,33)/t17-,20+,21+/m1/s1. The fourth-order valence-electron chi connectivity index (χ4n) is 3.39. The number of oxazole rings is 1. The molecular formula is C27H39N3O8. The minimum atomic E-state index is -1.07. The third kappa shape index (κ3) is 10.5. The zero-order valence-electron chi connectivity index (χ0n) is 23.3. The number of hydrogen-bond donors (Lipinski definition) is 2. The second kappa shape index (κ2) is 13.4. The number of esters is 1. The summed E-state index contributed by atoms with van der Waals surface area (Å²) in [6.07, 6.45) is -0.152. The molecule has 0 saturated heterocycles. The number of rotatable bonds is 11. The average Bonchev–Trinajstić information content (AvgIpc) is 3.30. The number of carbonyl (C=O) groups excluding carboxylic acids is 3. The second-order valence-corrected chi connectivity index (χ2v) is 10.7. The van der Waals surface area contributed by atoms with Gasteiger partial charge in [0.1, 0.15) is 17.9 Å². The molecule has 0 aliphatic heterocycles. The molecule has 1 aromatic heterocycles. The number of nitrogens with zero attached hydrogens (tertiary/aromatic N) is 1. The molecule has 0 bridgehead atoms. The molecule has 2 N–H and O–H groups in total. The molecule has 210 valence electrons. The lowest BCUT2D eigenvalue weighted by Gasteiger charge is -2.30. The van der Waals surface area contributed by atoms with E-state index in [4.69, 9.17) is 23.4 Å². The van der Waals surface area contributed by atoms with Gasteiger partial charge in [0.15, 0.2) is 11.7 Å². The van der Waals surface area contributed by atoms with E-state index in [9.17, 15) is 14.4 Å². The number of carbonyl (C=O) groups is 3. The van der Waals surface area contributed by atoms with Crippen LogP contribution in [0.4, 0.5) is 4.79 Å². The first kappa shape index (κ1) is 30.8. The van der Waals surface area contributed by atoms with Gasteiger partial charge in [-0.15, -0.1) is 0 Å². The van der Waals surface area contributed by atoms with Crippen molar-refractivity contribution in [3.63, 3.8) is 0 Å². The van der Waals surface area contributed by atoms with Crippen LogP contribution in [0.3, 0.4) is 0 Å². The van der Waals surface area contributed by atoms with E-state index in [1.54, 1.807) is 27.7 Å². The van der Waals surface area contributed by atoms with Crippen molar-refractivity contribution in [3.05, 3.63) is 53.7 Å². The predicted octanol–water partition coefficient (Wildman–Crippen LogP) is 3.93. The predicted molar refractivity (Wildman–Crippen MR) is 138 cm³/mol. The van der Waals surface area contributed by atoms with Gasteiger partial charge >= 0.3 is 12.1 Å². The van der Waals surface area contributed by atoms with E-state index in [2.05, 4.69) is 15.6 Å². The monoisotopic (exact) mass is 533 g/mol. The van der Waals surface area contributed by atoms with E-state index in [0.29, 0.717) is 0 Å². The lowest BCUT2D eigenvalue weighted by Crippen LogP contribution is -2.45. The van der Waals surface area contributed by atoms with Crippen LogP contribution < -0.4 is 10.6 Å². The van der Waals surface area contributed by atoms with Crippen molar-refractivity contribution in [1.29, 1.82) is 0 Å². The highest BCUT2D eigenvalue weighted by Gasteiger charge is 2.33. The molecule has 0 fully saturated rings. The van der Waals surface area contributed by atoms with Crippen molar-refractivity contribution < 1.29 is 37.7 Å². The normalized spacial score (nSPS) is 14.2. The number of ether oxygens (including phenoxy) is 4. The number of nitrogens with one attached hydrogen (secondary N) is 2. The fourth-order valence-corrected chi connectivity index (χ4v) is 3.39. The summed E-state index contributed by atoms with van der Waals surface area (Å²) >= 11 is 0. The van der Waals surface area contributed by atoms with Crippen LogP contribution >= 0.6 is 0 Å². The Morgan fingerprint density at radius 1 is 1.00 bits per heavy atom. The van der Waals surface area contributed by atoms with Crippen LogP contribution in [0.2, 0.25) is 0 Å². The van der Waals surface area contributed by atoms with Gasteiger partial charge in [-0.2, -0.15) is 0 Å². The van der Waals surface area contributed by atoms with Crippen LogP contribution in [0.15, 0.2) is 41.0 Å². The lowest BCUT2D eigenvalue weighted by molar-refractivity contribution is -0.144. The first-order valence-corrected chi connectivity index (χ1v) is 12.3. The summed E-state index contributed by atoms with van der Waals surface area (Å²) in [6, 6.07) is 7.46. The zero-order valence-corrected chi connectivity index (χ0v) is 23.3.